The third kappa shape index (κ3) is 4.58. The van der Waals surface area contributed by atoms with E-state index in [-0.39, 0.29) is 17.2 Å². The van der Waals surface area contributed by atoms with Gasteiger partial charge < -0.3 is 9.16 Å². The highest BCUT2D eigenvalue weighted by Gasteiger charge is 2.42. The summed E-state index contributed by atoms with van der Waals surface area (Å²) in [6, 6.07) is 14.4. The van der Waals surface area contributed by atoms with Crippen molar-refractivity contribution in [3.63, 3.8) is 0 Å². The van der Waals surface area contributed by atoms with Crippen LogP contribution in [0.4, 0.5) is 0 Å². The maximum atomic E-state index is 6.86. The van der Waals surface area contributed by atoms with Crippen LogP contribution < -0.4 is 4.74 Å². The first kappa shape index (κ1) is 20.8. The van der Waals surface area contributed by atoms with Crippen LogP contribution in [0.25, 0.3) is 6.08 Å². The predicted molar refractivity (Wildman–Crippen MR) is 123 cm³/mol. The van der Waals surface area contributed by atoms with Crippen LogP contribution in [0.5, 0.6) is 5.75 Å². The molecule has 0 saturated heterocycles. The molecule has 1 aliphatic rings. The number of hydrogen-bond acceptors (Lipinski definition) is 2. The fraction of sp³-hybridized carbons (Fsp3) is 0.364. The SMILES string of the molecule is CC(C)(C)[Si](C)(C)O[C@@H]1c2ccccc2C=C[C@H]1Oc1ccc(Br)cc1Br. The van der Waals surface area contributed by atoms with E-state index in [1.54, 1.807) is 0 Å². The van der Waals surface area contributed by atoms with Crippen LogP contribution in [-0.2, 0) is 4.43 Å². The summed E-state index contributed by atoms with van der Waals surface area (Å²) in [7, 11) is -1.98. The van der Waals surface area contributed by atoms with Crippen molar-refractivity contribution >= 4 is 46.3 Å². The highest BCUT2D eigenvalue weighted by atomic mass is 79.9. The van der Waals surface area contributed by atoms with Crippen molar-refractivity contribution in [3.05, 3.63) is 68.6 Å². The summed E-state index contributed by atoms with van der Waals surface area (Å²) in [6.07, 6.45) is 3.96. The Morgan fingerprint density at radius 2 is 1.70 bits per heavy atom. The number of rotatable bonds is 4. The van der Waals surface area contributed by atoms with E-state index in [4.69, 9.17) is 9.16 Å². The lowest BCUT2D eigenvalue weighted by Crippen LogP contribution is -2.45. The van der Waals surface area contributed by atoms with Crippen molar-refractivity contribution in [2.75, 3.05) is 0 Å². The monoisotopic (exact) mass is 508 g/mol. The lowest BCUT2D eigenvalue weighted by atomic mass is 9.93. The largest absolute Gasteiger partial charge is 0.482 e. The van der Waals surface area contributed by atoms with E-state index >= 15 is 0 Å². The summed E-state index contributed by atoms with van der Waals surface area (Å²) in [5, 5.41) is 0.131. The van der Waals surface area contributed by atoms with Crippen LogP contribution in [0.3, 0.4) is 0 Å². The first-order chi connectivity index (χ1) is 12.6. The molecule has 0 aliphatic heterocycles. The minimum Gasteiger partial charge on any atom is -0.482 e. The molecule has 0 aromatic heterocycles. The first-order valence-electron chi connectivity index (χ1n) is 9.15. The highest BCUT2D eigenvalue weighted by molar-refractivity contribution is 9.11. The Hall–Kier alpha value is -0.883. The second-order valence-corrected chi connectivity index (χ2v) is 15.0. The number of hydrogen-bond donors (Lipinski definition) is 0. The molecule has 0 fully saturated rings. The Bertz CT molecular complexity index is 856. The molecule has 0 radical (unpaired) electrons. The quantitative estimate of drug-likeness (QED) is 0.392. The van der Waals surface area contributed by atoms with Gasteiger partial charge in [-0.25, -0.2) is 0 Å². The number of fused-ring (bicyclic) bond motifs is 1. The molecule has 0 amide bonds. The van der Waals surface area contributed by atoms with Gasteiger partial charge in [0.1, 0.15) is 18.0 Å². The Balaban J connectivity index is 1.96. The van der Waals surface area contributed by atoms with E-state index in [1.165, 1.54) is 11.1 Å². The van der Waals surface area contributed by atoms with Crippen LogP contribution in [0.2, 0.25) is 18.1 Å². The van der Waals surface area contributed by atoms with Gasteiger partial charge in [-0.3, -0.25) is 0 Å². The zero-order valence-corrected chi connectivity index (χ0v) is 20.6. The van der Waals surface area contributed by atoms with Crippen LogP contribution >= 0.6 is 31.9 Å². The topological polar surface area (TPSA) is 18.5 Å². The van der Waals surface area contributed by atoms with Crippen molar-refractivity contribution in [2.24, 2.45) is 0 Å². The Morgan fingerprint density at radius 1 is 1.00 bits per heavy atom. The van der Waals surface area contributed by atoms with E-state index < -0.39 is 8.32 Å². The standard InChI is InChI=1S/C22H26Br2O2Si/c1-22(2,3)27(4,5)26-21-17-9-7-6-8-15(17)10-12-20(21)25-19-13-11-16(23)14-18(19)24/h6-14,20-21H,1-5H3/t20-,21-/m1/s1. The summed E-state index contributed by atoms with van der Waals surface area (Å²) in [6.45, 7) is 11.4. The highest BCUT2D eigenvalue weighted by Crippen LogP contribution is 2.43. The predicted octanol–water partition coefficient (Wildman–Crippen LogP) is 7.75. The summed E-state index contributed by atoms with van der Waals surface area (Å²) < 4.78 is 15.2. The van der Waals surface area contributed by atoms with Crippen molar-refractivity contribution in [2.45, 2.75) is 51.1 Å². The van der Waals surface area contributed by atoms with Gasteiger partial charge in [-0.2, -0.15) is 0 Å². The minimum atomic E-state index is -1.98. The zero-order valence-electron chi connectivity index (χ0n) is 16.4. The Kier molecular flexibility index (Phi) is 6.07. The fourth-order valence-corrected chi connectivity index (χ4v) is 5.23. The summed E-state index contributed by atoms with van der Waals surface area (Å²) in [5.41, 5.74) is 2.40. The zero-order chi connectivity index (χ0) is 19.8. The van der Waals surface area contributed by atoms with Crippen LogP contribution in [-0.4, -0.2) is 14.4 Å². The first-order valence-corrected chi connectivity index (χ1v) is 13.6. The molecule has 0 bridgehead atoms. The molecule has 0 saturated carbocycles. The molecule has 2 aromatic rings. The smallest absolute Gasteiger partial charge is 0.193 e. The summed E-state index contributed by atoms with van der Waals surface area (Å²) in [5.74, 6) is 0.816. The molecule has 2 aromatic carbocycles. The minimum absolute atomic E-state index is 0.123. The maximum absolute atomic E-state index is 6.86. The summed E-state index contributed by atoms with van der Waals surface area (Å²) in [4.78, 5) is 0. The molecule has 2 atom stereocenters. The molecule has 0 N–H and O–H groups in total. The fourth-order valence-electron chi connectivity index (χ4n) is 2.84. The van der Waals surface area contributed by atoms with Crippen molar-refractivity contribution in [1.29, 1.82) is 0 Å². The molecule has 0 spiro atoms. The lowest BCUT2D eigenvalue weighted by Gasteiger charge is -2.42. The average molecular weight is 510 g/mol. The average Bonchev–Trinajstić information content (AvgIpc) is 2.58. The second-order valence-electron chi connectivity index (χ2n) is 8.44. The van der Waals surface area contributed by atoms with Gasteiger partial charge >= 0.3 is 0 Å². The van der Waals surface area contributed by atoms with Gasteiger partial charge in [0.15, 0.2) is 8.32 Å². The third-order valence-corrected chi connectivity index (χ3v) is 11.0. The number of halogens is 2. The van der Waals surface area contributed by atoms with E-state index in [0.717, 1.165) is 14.7 Å². The molecular formula is C22H26Br2O2Si. The molecule has 3 rings (SSSR count). The van der Waals surface area contributed by atoms with Gasteiger partial charge in [-0.15, -0.1) is 0 Å². The van der Waals surface area contributed by atoms with E-state index in [9.17, 15) is 0 Å². The van der Waals surface area contributed by atoms with Crippen molar-refractivity contribution in [1.82, 2.24) is 0 Å². The third-order valence-electron chi connectivity index (χ3n) is 5.45. The molecule has 144 valence electrons. The van der Waals surface area contributed by atoms with Gasteiger partial charge in [0.05, 0.1) is 4.47 Å². The van der Waals surface area contributed by atoms with Crippen LogP contribution in [0, 0.1) is 0 Å². The van der Waals surface area contributed by atoms with Crippen LogP contribution in [0.15, 0.2) is 57.5 Å². The number of ether oxygens (including phenoxy) is 1. The molecule has 5 heteroatoms. The Labute approximate surface area is 180 Å². The molecule has 1 aliphatic carbocycles. The van der Waals surface area contributed by atoms with E-state index in [0.29, 0.717) is 0 Å². The summed E-state index contributed by atoms with van der Waals surface area (Å²) >= 11 is 7.11. The number of benzene rings is 2. The molecule has 27 heavy (non-hydrogen) atoms. The van der Waals surface area contributed by atoms with Crippen molar-refractivity contribution in [3.8, 4) is 5.75 Å². The lowest BCUT2D eigenvalue weighted by molar-refractivity contribution is 0.0699. The van der Waals surface area contributed by atoms with Gasteiger partial charge in [-0.1, -0.05) is 67.0 Å². The Morgan fingerprint density at radius 3 is 2.37 bits per heavy atom. The van der Waals surface area contributed by atoms with Crippen LogP contribution in [0.1, 0.15) is 38.0 Å². The second kappa shape index (κ2) is 7.86. The van der Waals surface area contributed by atoms with E-state index in [1.807, 2.05) is 18.2 Å². The molecule has 2 nitrogen and oxygen atoms in total. The maximum Gasteiger partial charge on any atom is 0.193 e. The van der Waals surface area contributed by atoms with Gasteiger partial charge in [0, 0.05) is 4.47 Å². The normalized spacial score (nSPS) is 19.7. The van der Waals surface area contributed by atoms with E-state index in [2.05, 4.69) is 102 Å². The molecule has 0 unspecified atom stereocenters. The molecular weight excluding hydrogens is 484 g/mol. The van der Waals surface area contributed by atoms with Crippen molar-refractivity contribution < 1.29 is 9.16 Å². The molecule has 0 heterocycles. The van der Waals surface area contributed by atoms with Gasteiger partial charge in [0.25, 0.3) is 0 Å². The van der Waals surface area contributed by atoms with Gasteiger partial charge in [-0.05, 0) is 69.5 Å². The van der Waals surface area contributed by atoms with Gasteiger partial charge in [0.2, 0.25) is 0 Å².